The summed E-state index contributed by atoms with van der Waals surface area (Å²) >= 11 is 0. The Kier molecular flexibility index (Phi) is 3.88. The topological polar surface area (TPSA) is 64.8 Å². The van der Waals surface area contributed by atoms with Gasteiger partial charge in [-0.2, -0.15) is 0 Å². The Morgan fingerprint density at radius 3 is 2.92 bits per heavy atom. The van der Waals surface area contributed by atoms with E-state index in [1.165, 1.54) is 0 Å². The van der Waals surface area contributed by atoms with Crippen LogP contribution < -0.4 is 9.47 Å². The number of ether oxygens (including phenoxy) is 2. The van der Waals surface area contributed by atoms with Crippen LogP contribution in [0.5, 0.6) is 11.5 Å². The van der Waals surface area contributed by atoms with Gasteiger partial charge in [-0.15, -0.1) is 0 Å². The lowest BCUT2D eigenvalue weighted by Crippen LogP contribution is -2.42. The van der Waals surface area contributed by atoms with Crippen molar-refractivity contribution in [3.63, 3.8) is 0 Å². The van der Waals surface area contributed by atoms with Gasteiger partial charge in [0.1, 0.15) is 12.4 Å². The van der Waals surface area contributed by atoms with Crippen LogP contribution in [-0.4, -0.2) is 42.3 Å². The number of para-hydroxylation sites is 2. The lowest BCUT2D eigenvalue weighted by molar-refractivity contribution is 0.0514. The van der Waals surface area contributed by atoms with Gasteiger partial charge in [-0.05, 0) is 31.4 Å². The van der Waals surface area contributed by atoms with Crippen molar-refractivity contribution in [2.24, 2.45) is 0 Å². The first-order chi connectivity index (χ1) is 11.7. The quantitative estimate of drug-likeness (QED) is 0.866. The second kappa shape index (κ2) is 6.19. The van der Waals surface area contributed by atoms with Crippen LogP contribution in [-0.2, 0) is 12.8 Å². The zero-order valence-electron chi connectivity index (χ0n) is 13.7. The van der Waals surface area contributed by atoms with Crippen LogP contribution >= 0.6 is 0 Å². The van der Waals surface area contributed by atoms with Crippen LogP contribution in [0.4, 0.5) is 0 Å². The summed E-state index contributed by atoms with van der Waals surface area (Å²) in [4.78, 5) is 14.3. The summed E-state index contributed by atoms with van der Waals surface area (Å²) in [5.41, 5.74) is 1.42. The molecule has 24 heavy (non-hydrogen) atoms. The zero-order chi connectivity index (χ0) is 16.5. The molecular weight excluding hydrogens is 308 g/mol. The molecule has 1 atom stereocenters. The maximum atomic E-state index is 12.7. The van der Waals surface area contributed by atoms with Gasteiger partial charge >= 0.3 is 0 Å². The molecule has 0 radical (unpaired) electrons. The molecule has 126 valence electrons. The minimum Gasteiger partial charge on any atom is -0.486 e. The average Bonchev–Trinajstić information content (AvgIpc) is 3.05. The fraction of sp³-hybridized carbons (Fsp3) is 0.444. The summed E-state index contributed by atoms with van der Waals surface area (Å²) in [5.74, 6) is 2.20. The van der Waals surface area contributed by atoms with Gasteiger partial charge in [-0.25, -0.2) is 0 Å². The Balaban J connectivity index is 1.44. The van der Waals surface area contributed by atoms with Crippen molar-refractivity contribution in [2.75, 3.05) is 20.2 Å². The van der Waals surface area contributed by atoms with Gasteiger partial charge in [0.15, 0.2) is 23.3 Å². The summed E-state index contributed by atoms with van der Waals surface area (Å²) in [6, 6.07) is 7.56. The van der Waals surface area contributed by atoms with Crippen LogP contribution in [0.1, 0.15) is 34.7 Å². The van der Waals surface area contributed by atoms with E-state index >= 15 is 0 Å². The second-order valence-electron chi connectivity index (χ2n) is 6.32. The van der Waals surface area contributed by atoms with E-state index in [1.54, 1.807) is 11.9 Å². The predicted octanol–water partition coefficient (Wildman–Crippen LogP) is 2.47. The Labute approximate surface area is 140 Å². The third-order valence-electron chi connectivity index (χ3n) is 4.54. The molecule has 1 amide bonds. The summed E-state index contributed by atoms with van der Waals surface area (Å²) < 4.78 is 17.0. The highest BCUT2D eigenvalue weighted by Gasteiger charge is 2.29. The van der Waals surface area contributed by atoms with E-state index in [0.717, 1.165) is 42.8 Å². The lowest BCUT2D eigenvalue weighted by atomic mass is 9.96. The Bertz CT molecular complexity index is 755. The minimum absolute atomic E-state index is 0.121. The third kappa shape index (κ3) is 2.72. The maximum Gasteiger partial charge on any atom is 0.276 e. The van der Waals surface area contributed by atoms with Crippen LogP contribution in [0.2, 0.25) is 0 Å². The number of aromatic nitrogens is 1. The van der Waals surface area contributed by atoms with Crippen molar-refractivity contribution in [1.29, 1.82) is 0 Å². The predicted molar refractivity (Wildman–Crippen MR) is 86.5 cm³/mol. The number of benzene rings is 1. The molecule has 0 saturated carbocycles. The molecule has 0 saturated heterocycles. The molecule has 2 heterocycles. The first kappa shape index (κ1) is 15.1. The highest BCUT2D eigenvalue weighted by atomic mass is 16.6. The number of likely N-dealkylation sites (N-methyl/N-ethyl adjacent to an activating group) is 1. The minimum atomic E-state index is -0.198. The van der Waals surface area contributed by atoms with Gasteiger partial charge in [0.25, 0.3) is 5.91 Å². The Hall–Kier alpha value is -2.50. The first-order valence-corrected chi connectivity index (χ1v) is 8.34. The molecule has 6 heteroatoms. The van der Waals surface area contributed by atoms with E-state index in [4.69, 9.17) is 14.0 Å². The first-order valence-electron chi connectivity index (χ1n) is 8.34. The summed E-state index contributed by atoms with van der Waals surface area (Å²) in [7, 11) is 1.76. The summed E-state index contributed by atoms with van der Waals surface area (Å²) in [6.07, 6.45) is 3.71. The normalized spacial score (nSPS) is 18.8. The molecule has 6 nitrogen and oxygen atoms in total. The number of amides is 1. The molecule has 0 bridgehead atoms. The van der Waals surface area contributed by atoms with Crippen molar-refractivity contribution in [3.05, 3.63) is 41.3 Å². The molecule has 0 unspecified atom stereocenters. The van der Waals surface area contributed by atoms with Crippen molar-refractivity contribution < 1.29 is 18.8 Å². The van der Waals surface area contributed by atoms with Gasteiger partial charge < -0.3 is 18.9 Å². The van der Waals surface area contributed by atoms with E-state index in [-0.39, 0.29) is 12.0 Å². The SMILES string of the molecule is CN(C[C@H]1COc2ccccc2O1)C(=O)c1noc2c1CCCC2. The zero-order valence-corrected chi connectivity index (χ0v) is 13.7. The third-order valence-corrected chi connectivity index (χ3v) is 4.54. The number of fused-ring (bicyclic) bond motifs is 2. The van der Waals surface area contributed by atoms with Gasteiger partial charge in [0, 0.05) is 19.0 Å². The average molecular weight is 328 g/mol. The van der Waals surface area contributed by atoms with Crippen molar-refractivity contribution in [2.45, 2.75) is 31.8 Å². The molecule has 0 N–H and O–H groups in total. The fourth-order valence-corrected chi connectivity index (χ4v) is 3.28. The smallest absolute Gasteiger partial charge is 0.276 e. The van der Waals surface area contributed by atoms with Crippen LogP contribution in [0.3, 0.4) is 0 Å². The highest BCUT2D eigenvalue weighted by Crippen LogP contribution is 2.31. The van der Waals surface area contributed by atoms with E-state index < -0.39 is 0 Å². The van der Waals surface area contributed by atoms with Crippen LogP contribution in [0, 0.1) is 0 Å². The molecule has 0 spiro atoms. The highest BCUT2D eigenvalue weighted by molar-refractivity contribution is 5.93. The summed E-state index contributed by atoms with van der Waals surface area (Å²) in [6.45, 7) is 0.861. The number of hydrogen-bond acceptors (Lipinski definition) is 5. The molecular formula is C18H20N2O4. The maximum absolute atomic E-state index is 12.7. The van der Waals surface area contributed by atoms with Crippen LogP contribution in [0.15, 0.2) is 28.8 Å². The number of carbonyl (C=O) groups is 1. The van der Waals surface area contributed by atoms with E-state index in [9.17, 15) is 4.79 Å². The second-order valence-corrected chi connectivity index (χ2v) is 6.32. The molecule has 1 aliphatic carbocycles. The Morgan fingerprint density at radius 2 is 2.04 bits per heavy atom. The molecule has 0 fully saturated rings. The van der Waals surface area contributed by atoms with E-state index in [1.807, 2.05) is 24.3 Å². The molecule has 4 rings (SSSR count). The van der Waals surface area contributed by atoms with Crippen molar-refractivity contribution >= 4 is 5.91 Å². The van der Waals surface area contributed by atoms with Gasteiger partial charge in [-0.3, -0.25) is 4.79 Å². The van der Waals surface area contributed by atoms with Gasteiger partial charge in [-0.1, -0.05) is 17.3 Å². The molecule has 2 aromatic rings. The van der Waals surface area contributed by atoms with Crippen molar-refractivity contribution in [3.8, 4) is 11.5 Å². The van der Waals surface area contributed by atoms with Crippen molar-refractivity contribution in [1.82, 2.24) is 10.1 Å². The molecule has 1 aromatic carbocycles. The number of hydrogen-bond donors (Lipinski definition) is 0. The number of rotatable bonds is 3. The standard InChI is InChI=1S/C18H20N2O4/c1-20(10-12-11-22-15-8-4-5-9-16(15)23-12)18(21)17-13-6-2-3-7-14(13)24-19-17/h4-5,8-9,12H,2-3,6-7,10-11H2,1H3/t12-/m0/s1. The van der Waals surface area contributed by atoms with E-state index in [0.29, 0.717) is 24.6 Å². The number of nitrogens with zero attached hydrogens (tertiary/aromatic N) is 2. The molecule has 2 aliphatic rings. The molecule has 1 aromatic heterocycles. The van der Waals surface area contributed by atoms with E-state index in [2.05, 4.69) is 5.16 Å². The largest absolute Gasteiger partial charge is 0.486 e. The van der Waals surface area contributed by atoms with Gasteiger partial charge in [0.2, 0.25) is 0 Å². The van der Waals surface area contributed by atoms with Crippen LogP contribution in [0.25, 0.3) is 0 Å². The fourth-order valence-electron chi connectivity index (χ4n) is 3.28. The Morgan fingerprint density at radius 1 is 1.25 bits per heavy atom. The van der Waals surface area contributed by atoms with Gasteiger partial charge in [0.05, 0.1) is 6.54 Å². The lowest BCUT2D eigenvalue weighted by Gasteiger charge is -2.29. The summed E-state index contributed by atoms with van der Waals surface area (Å²) in [5, 5.41) is 4.01. The number of aryl methyl sites for hydroxylation is 1. The monoisotopic (exact) mass is 328 g/mol. The molecule has 1 aliphatic heterocycles. The number of carbonyl (C=O) groups excluding carboxylic acids is 1.